The third-order valence-electron chi connectivity index (χ3n) is 2.21. The summed E-state index contributed by atoms with van der Waals surface area (Å²) in [6.07, 6.45) is 0.457. The summed E-state index contributed by atoms with van der Waals surface area (Å²) in [5, 5.41) is 0. The van der Waals surface area contributed by atoms with Crippen molar-refractivity contribution >= 4 is 11.8 Å². The van der Waals surface area contributed by atoms with Gasteiger partial charge in [-0.1, -0.05) is 26.0 Å². The molecule has 0 radical (unpaired) electrons. The maximum atomic E-state index is 12.6. The van der Waals surface area contributed by atoms with Crippen LogP contribution in [-0.2, 0) is 16.0 Å². The molecule has 5 heteroatoms. The van der Waals surface area contributed by atoms with Crippen LogP contribution in [0.3, 0.4) is 0 Å². The molecule has 2 N–H and O–H groups in total. The Morgan fingerprint density at radius 2 is 1.67 bits per heavy atom. The molecule has 0 spiro atoms. The molecular formula is C13H17FN2O2. The molecule has 0 saturated heterocycles. The van der Waals surface area contributed by atoms with Gasteiger partial charge in [-0.2, -0.15) is 0 Å². The van der Waals surface area contributed by atoms with Crippen molar-refractivity contribution in [1.29, 1.82) is 0 Å². The molecule has 0 fully saturated rings. The van der Waals surface area contributed by atoms with Gasteiger partial charge in [-0.3, -0.25) is 20.4 Å². The minimum Gasteiger partial charge on any atom is -0.273 e. The Labute approximate surface area is 106 Å². The van der Waals surface area contributed by atoms with Gasteiger partial charge in [0.15, 0.2) is 0 Å². The summed E-state index contributed by atoms with van der Waals surface area (Å²) in [7, 11) is 0. The highest BCUT2D eigenvalue weighted by Gasteiger charge is 2.07. The molecule has 0 atom stereocenters. The summed E-state index contributed by atoms with van der Waals surface area (Å²) < 4.78 is 12.6. The van der Waals surface area contributed by atoms with E-state index < -0.39 is 0 Å². The second kappa shape index (κ2) is 6.74. The number of hydrogen-bond acceptors (Lipinski definition) is 2. The van der Waals surface area contributed by atoms with Gasteiger partial charge in [-0.25, -0.2) is 4.39 Å². The third-order valence-corrected chi connectivity index (χ3v) is 2.21. The largest absolute Gasteiger partial charge is 0.273 e. The number of benzene rings is 1. The SMILES string of the molecule is CC(C)CC(=O)NNC(=O)Cc1ccc(F)cc1. The molecule has 1 rings (SSSR count). The van der Waals surface area contributed by atoms with E-state index in [1.165, 1.54) is 24.3 Å². The fourth-order valence-corrected chi connectivity index (χ4v) is 1.39. The van der Waals surface area contributed by atoms with Crippen LogP contribution in [-0.4, -0.2) is 11.8 Å². The van der Waals surface area contributed by atoms with Gasteiger partial charge in [0.25, 0.3) is 0 Å². The lowest BCUT2D eigenvalue weighted by molar-refractivity contribution is -0.129. The summed E-state index contributed by atoms with van der Waals surface area (Å²) in [6.45, 7) is 3.83. The molecule has 0 bridgehead atoms. The van der Waals surface area contributed by atoms with E-state index in [1.807, 2.05) is 13.8 Å². The topological polar surface area (TPSA) is 58.2 Å². The van der Waals surface area contributed by atoms with Crippen LogP contribution in [0.25, 0.3) is 0 Å². The van der Waals surface area contributed by atoms with Crippen LogP contribution in [0.15, 0.2) is 24.3 Å². The lowest BCUT2D eigenvalue weighted by Gasteiger charge is -2.08. The zero-order valence-electron chi connectivity index (χ0n) is 10.5. The van der Waals surface area contributed by atoms with Crippen LogP contribution >= 0.6 is 0 Å². The number of nitrogens with one attached hydrogen (secondary N) is 2. The predicted octanol–water partition coefficient (Wildman–Crippen LogP) is 1.56. The molecule has 0 aromatic heterocycles. The molecule has 98 valence electrons. The van der Waals surface area contributed by atoms with Crippen molar-refractivity contribution in [3.63, 3.8) is 0 Å². The normalized spacial score (nSPS) is 10.2. The van der Waals surface area contributed by atoms with E-state index in [0.29, 0.717) is 12.0 Å². The van der Waals surface area contributed by atoms with Gasteiger partial charge in [-0.05, 0) is 23.6 Å². The average Bonchev–Trinajstić information content (AvgIpc) is 2.29. The zero-order valence-corrected chi connectivity index (χ0v) is 10.5. The van der Waals surface area contributed by atoms with E-state index >= 15 is 0 Å². The maximum Gasteiger partial charge on any atom is 0.242 e. The lowest BCUT2D eigenvalue weighted by atomic mass is 10.1. The van der Waals surface area contributed by atoms with E-state index in [0.717, 1.165) is 0 Å². The first-order chi connectivity index (χ1) is 8.47. The number of hydrogen-bond donors (Lipinski definition) is 2. The fourth-order valence-electron chi connectivity index (χ4n) is 1.39. The standard InChI is InChI=1S/C13H17FN2O2/c1-9(2)7-12(17)15-16-13(18)8-10-3-5-11(14)6-4-10/h3-6,9H,7-8H2,1-2H3,(H,15,17)(H,16,18). The minimum atomic E-state index is -0.343. The number of amides is 2. The van der Waals surface area contributed by atoms with Crippen molar-refractivity contribution in [2.24, 2.45) is 5.92 Å². The molecule has 0 aliphatic rings. The summed E-state index contributed by atoms with van der Waals surface area (Å²) in [5.74, 6) is -0.667. The quantitative estimate of drug-likeness (QED) is 0.799. The summed E-state index contributed by atoms with van der Waals surface area (Å²) in [5.41, 5.74) is 5.34. The van der Waals surface area contributed by atoms with Gasteiger partial charge in [0.05, 0.1) is 6.42 Å². The first-order valence-electron chi connectivity index (χ1n) is 5.79. The van der Waals surface area contributed by atoms with Crippen molar-refractivity contribution in [3.8, 4) is 0 Å². The number of carbonyl (C=O) groups is 2. The van der Waals surface area contributed by atoms with Crippen molar-refractivity contribution in [1.82, 2.24) is 10.9 Å². The lowest BCUT2D eigenvalue weighted by Crippen LogP contribution is -2.42. The summed E-state index contributed by atoms with van der Waals surface area (Å²) in [4.78, 5) is 22.7. The molecule has 4 nitrogen and oxygen atoms in total. The zero-order chi connectivity index (χ0) is 13.5. The second-order valence-electron chi connectivity index (χ2n) is 4.50. The van der Waals surface area contributed by atoms with Gasteiger partial charge in [0.2, 0.25) is 11.8 Å². The molecule has 0 heterocycles. The van der Waals surface area contributed by atoms with Gasteiger partial charge < -0.3 is 0 Å². The van der Waals surface area contributed by atoms with Crippen LogP contribution in [0, 0.1) is 11.7 Å². The van der Waals surface area contributed by atoms with E-state index in [1.54, 1.807) is 0 Å². The first kappa shape index (κ1) is 14.2. The van der Waals surface area contributed by atoms with Crippen molar-refractivity contribution < 1.29 is 14.0 Å². The minimum absolute atomic E-state index is 0.0994. The monoisotopic (exact) mass is 252 g/mol. The van der Waals surface area contributed by atoms with Crippen molar-refractivity contribution in [3.05, 3.63) is 35.6 Å². The van der Waals surface area contributed by atoms with Crippen LogP contribution in [0.1, 0.15) is 25.8 Å². The number of carbonyl (C=O) groups excluding carboxylic acids is 2. The molecule has 0 unspecified atom stereocenters. The Kier molecular flexibility index (Phi) is 5.30. The summed E-state index contributed by atoms with van der Waals surface area (Å²) >= 11 is 0. The molecule has 1 aromatic rings. The van der Waals surface area contributed by atoms with Crippen molar-refractivity contribution in [2.75, 3.05) is 0 Å². The Hall–Kier alpha value is -1.91. The number of hydrazine groups is 1. The van der Waals surface area contributed by atoms with E-state index in [-0.39, 0.29) is 30.0 Å². The number of halogens is 1. The molecule has 2 amide bonds. The van der Waals surface area contributed by atoms with Gasteiger partial charge in [0, 0.05) is 6.42 Å². The highest BCUT2D eigenvalue weighted by atomic mass is 19.1. The molecule has 0 saturated carbocycles. The number of rotatable bonds is 4. The maximum absolute atomic E-state index is 12.6. The third kappa shape index (κ3) is 5.43. The van der Waals surface area contributed by atoms with Gasteiger partial charge >= 0.3 is 0 Å². The Balaban J connectivity index is 2.34. The van der Waals surface area contributed by atoms with Crippen LogP contribution in [0.4, 0.5) is 4.39 Å². The molecule has 0 aliphatic carbocycles. The molecular weight excluding hydrogens is 235 g/mol. The van der Waals surface area contributed by atoms with E-state index in [4.69, 9.17) is 0 Å². The molecule has 18 heavy (non-hydrogen) atoms. The Bertz CT molecular complexity index is 416. The van der Waals surface area contributed by atoms with E-state index in [9.17, 15) is 14.0 Å². The predicted molar refractivity (Wildman–Crippen MR) is 65.8 cm³/mol. The highest BCUT2D eigenvalue weighted by molar-refractivity contribution is 5.83. The Morgan fingerprint density at radius 3 is 2.22 bits per heavy atom. The van der Waals surface area contributed by atoms with Crippen LogP contribution in [0.5, 0.6) is 0 Å². The highest BCUT2D eigenvalue weighted by Crippen LogP contribution is 2.03. The van der Waals surface area contributed by atoms with E-state index in [2.05, 4.69) is 10.9 Å². The Morgan fingerprint density at radius 1 is 1.11 bits per heavy atom. The summed E-state index contributed by atoms with van der Waals surface area (Å²) in [6, 6.07) is 5.65. The smallest absolute Gasteiger partial charge is 0.242 e. The molecule has 1 aromatic carbocycles. The first-order valence-corrected chi connectivity index (χ1v) is 5.79. The van der Waals surface area contributed by atoms with Gasteiger partial charge in [-0.15, -0.1) is 0 Å². The van der Waals surface area contributed by atoms with Crippen LogP contribution < -0.4 is 10.9 Å². The second-order valence-corrected chi connectivity index (χ2v) is 4.50. The van der Waals surface area contributed by atoms with Crippen LogP contribution in [0.2, 0.25) is 0 Å². The van der Waals surface area contributed by atoms with Gasteiger partial charge in [0.1, 0.15) is 5.82 Å². The van der Waals surface area contributed by atoms with Crippen molar-refractivity contribution in [2.45, 2.75) is 26.7 Å². The molecule has 0 aliphatic heterocycles. The fraction of sp³-hybridized carbons (Fsp3) is 0.385. The average molecular weight is 252 g/mol.